The molecule has 2 aromatic carbocycles. The third-order valence-electron chi connectivity index (χ3n) is 11.6. The van der Waals surface area contributed by atoms with Gasteiger partial charge in [0.1, 0.15) is 11.4 Å². The van der Waals surface area contributed by atoms with Crippen LogP contribution in [0.5, 0.6) is 0 Å². The first-order chi connectivity index (χ1) is 29.0. The van der Waals surface area contributed by atoms with E-state index in [-0.39, 0.29) is 46.0 Å². The van der Waals surface area contributed by atoms with Gasteiger partial charge in [-0.2, -0.15) is 0 Å². The van der Waals surface area contributed by atoms with Crippen LogP contribution < -0.4 is 10.6 Å². The predicted molar refractivity (Wildman–Crippen MR) is 236 cm³/mol. The third kappa shape index (κ3) is 14.6. The van der Waals surface area contributed by atoms with E-state index in [1.54, 1.807) is 26.2 Å². The fourth-order valence-electron chi connectivity index (χ4n) is 8.01. The largest absolute Gasteiger partial charge is 0.375 e. The minimum absolute atomic E-state index is 0.0345. The monoisotopic (exact) mass is 816 g/mol. The van der Waals surface area contributed by atoms with Gasteiger partial charge in [0.05, 0.1) is 11.2 Å². The average Bonchev–Trinajstić information content (AvgIpc) is 3.27. The molecule has 0 saturated carbocycles. The maximum atomic E-state index is 12.9. The molecule has 2 aliphatic heterocycles. The molecule has 10 heteroatoms. The first-order valence-electron chi connectivity index (χ1n) is 21.9. The Morgan fingerprint density at radius 2 is 0.967 bits per heavy atom. The number of hydrogen-bond donors (Lipinski definition) is 2. The van der Waals surface area contributed by atoms with Crippen LogP contribution >= 0.6 is 0 Å². The summed E-state index contributed by atoms with van der Waals surface area (Å²) >= 11 is 0. The Bertz CT molecular complexity index is 1860. The Balaban J connectivity index is 0.000000228. The molecule has 2 amide bonds. The van der Waals surface area contributed by atoms with Crippen LogP contribution in [0.2, 0.25) is 0 Å². The molecule has 0 bridgehead atoms. The molecular weight excluding hydrogens is 753 g/mol. The van der Waals surface area contributed by atoms with Crippen LogP contribution in [0.1, 0.15) is 168 Å². The Kier molecular flexibility index (Phi) is 17.7. The van der Waals surface area contributed by atoms with E-state index < -0.39 is 0 Å². The van der Waals surface area contributed by atoms with Crippen molar-refractivity contribution < 1.29 is 28.7 Å². The molecule has 60 heavy (non-hydrogen) atoms. The Morgan fingerprint density at radius 1 is 0.567 bits per heavy atom. The molecule has 4 heterocycles. The number of ether oxygens (including phenoxy) is 2. The van der Waals surface area contributed by atoms with Crippen molar-refractivity contribution >= 4 is 23.4 Å². The van der Waals surface area contributed by atoms with Crippen molar-refractivity contribution in [3.8, 4) is 0 Å². The fourth-order valence-corrected chi connectivity index (χ4v) is 8.01. The van der Waals surface area contributed by atoms with E-state index in [1.807, 2.05) is 72.8 Å². The second-order valence-corrected chi connectivity index (χ2v) is 16.7. The topological polar surface area (TPSA) is 137 Å². The van der Waals surface area contributed by atoms with E-state index in [9.17, 15) is 19.2 Å². The van der Waals surface area contributed by atoms with Gasteiger partial charge in [0.2, 0.25) is 0 Å². The number of nitrogens with zero attached hydrogens (tertiary/aromatic N) is 2. The molecule has 2 fully saturated rings. The number of amides is 2. The summed E-state index contributed by atoms with van der Waals surface area (Å²) in [5.41, 5.74) is 5.29. The van der Waals surface area contributed by atoms with E-state index in [0.29, 0.717) is 36.8 Å². The third-order valence-corrected chi connectivity index (χ3v) is 11.6. The first kappa shape index (κ1) is 46.0. The Hall–Kier alpha value is -5.06. The molecule has 4 aromatic rings. The van der Waals surface area contributed by atoms with Gasteiger partial charge < -0.3 is 20.1 Å². The number of pyridine rings is 2. The van der Waals surface area contributed by atoms with Crippen molar-refractivity contribution in [1.29, 1.82) is 0 Å². The molecule has 0 radical (unpaired) electrons. The van der Waals surface area contributed by atoms with Crippen LogP contribution in [0.3, 0.4) is 0 Å². The maximum absolute atomic E-state index is 12.9. The van der Waals surface area contributed by atoms with Crippen LogP contribution in [0.15, 0.2) is 84.9 Å². The highest BCUT2D eigenvalue weighted by Gasteiger charge is 2.28. The van der Waals surface area contributed by atoms with E-state index in [1.165, 1.54) is 12.8 Å². The molecule has 2 aliphatic rings. The van der Waals surface area contributed by atoms with Crippen LogP contribution in [-0.2, 0) is 22.3 Å². The zero-order valence-corrected chi connectivity index (χ0v) is 36.2. The molecule has 6 rings (SSSR count). The minimum atomic E-state index is -0.277. The molecule has 0 spiro atoms. The van der Waals surface area contributed by atoms with Crippen molar-refractivity contribution in [1.82, 2.24) is 20.6 Å². The molecule has 0 aliphatic carbocycles. The number of rotatable bonds is 18. The second kappa shape index (κ2) is 23.1. The lowest BCUT2D eigenvalue weighted by Crippen LogP contribution is -2.32. The van der Waals surface area contributed by atoms with Gasteiger partial charge in [-0.3, -0.25) is 19.2 Å². The summed E-state index contributed by atoms with van der Waals surface area (Å²) in [6.07, 6.45) is 14.6. The summed E-state index contributed by atoms with van der Waals surface area (Å²) in [6, 6.07) is 26.8. The highest BCUT2D eigenvalue weighted by atomic mass is 16.5. The lowest BCUT2D eigenvalue weighted by molar-refractivity contribution is -0.0715. The van der Waals surface area contributed by atoms with Crippen molar-refractivity contribution in [3.63, 3.8) is 0 Å². The summed E-state index contributed by atoms with van der Waals surface area (Å²) in [4.78, 5) is 59.0. The van der Waals surface area contributed by atoms with Crippen LogP contribution in [0.25, 0.3) is 0 Å². The Morgan fingerprint density at radius 3 is 1.32 bits per heavy atom. The molecule has 2 atom stereocenters. The van der Waals surface area contributed by atoms with E-state index in [2.05, 4.69) is 34.4 Å². The number of hydrogen-bond acceptors (Lipinski definition) is 8. The van der Waals surface area contributed by atoms with Gasteiger partial charge in [-0.05, 0) is 113 Å². The lowest BCUT2D eigenvalue weighted by atomic mass is 9.90. The van der Waals surface area contributed by atoms with Gasteiger partial charge in [0, 0.05) is 75.5 Å². The summed E-state index contributed by atoms with van der Waals surface area (Å²) < 4.78 is 11.9. The van der Waals surface area contributed by atoms with Gasteiger partial charge in [0.15, 0.2) is 11.6 Å². The SMILES string of the molecule is CNC(=O)c1cc(C(=O)CCCC[C@@]2(C)CCCCO2)cc(Cc2ccccc2)n1.CNC(=O)c1cc(C(=O)CCCC[C@]2(C)CCCCO2)cc(Cc2ccccc2)n1. The zero-order valence-electron chi connectivity index (χ0n) is 36.2. The summed E-state index contributed by atoms with van der Waals surface area (Å²) in [5, 5.41) is 5.21. The molecule has 0 unspecified atom stereocenters. The van der Waals surface area contributed by atoms with Crippen molar-refractivity contribution in [2.45, 2.75) is 128 Å². The number of ketones is 2. The molecular formula is C50H64N4O6. The quantitative estimate of drug-likeness (QED) is 0.0749. The fraction of sp³-hybridized carbons (Fsp3) is 0.480. The van der Waals surface area contributed by atoms with Gasteiger partial charge in [0.25, 0.3) is 11.8 Å². The number of Topliss-reactive ketones (excluding diaryl/α,β-unsaturated/α-hetero) is 2. The summed E-state index contributed by atoms with van der Waals surface area (Å²) in [7, 11) is 3.15. The van der Waals surface area contributed by atoms with Gasteiger partial charge in [-0.1, -0.05) is 73.5 Å². The van der Waals surface area contributed by atoms with Crippen molar-refractivity contribution in [2.24, 2.45) is 0 Å². The predicted octanol–water partition coefficient (Wildman–Crippen LogP) is 9.47. The van der Waals surface area contributed by atoms with Gasteiger partial charge in [-0.15, -0.1) is 0 Å². The molecule has 320 valence electrons. The van der Waals surface area contributed by atoms with E-state index >= 15 is 0 Å². The summed E-state index contributed by atoms with van der Waals surface area (Å²) in [5.74, 6) is -0.430. The minimum Gasteiger partial charge on any atom is -0.375 e. The average molecular weight is 817 g/mol. The number of nitrogens with one attached hydrogen (secondary N) is 2. The molecule has 2 N–H and O–H groups in total. The van der Waals surface area contributed by atoms with Crippen LogP contribution in [0.4, 0.5) is 0 Å². The first-order valence-corrected chi connectivity index (χ1v) is 21.9. The van der Waals surface area contributed by atoms with Crippen molar-refractivity contribution in [2.75, 3.05) is 27.3 Å². The summed E-state index contributed by atoms with van der Waals surface area (Å²) in [6.45, 7) is 6.06. The zero-order chi connectivity index (χ0) is 42.8. The smallest absolute Gasteiger partial charge is 0.269 e. The van der Waals surface area contributed by atoms with Crippen molar-refractivity contribution in [3.05, 3.63) is 130 Å². The van der Waals surface area contributed by atoms with E-state index in [4.69, 9.17) is 9.47 Å². The number of aromatic nitrogens is 2. The standard InChI is InChI=1S/2C25H32N2O3/c2*1-25(14-8-9-15-30-25)13-7-6-12-23(28)20-17-21(16-19-10-4-3-5-11-19)27-22(18-20)24(29)26-2/h2*3-5,10-11,17-18H,6-9,12-16H2,1-2H3,(H,26,29)/t2*25-/m10/s1. The van der Waals surface area contributed by atoms with E-state index in [0.717, 1.165) is 99.9 Å². The van der Waals surface area contributed by atoms with Gasteiger partial charge in [-0.25, -0.2) is 9.97 Å². The molecule has 2 saturated heterocycles. The highest BCUT2D eigenvalue weighted by Crippen LogP contribution is 2.31. The molecule has 10 nitrogen and oxygen atoms in total. The number of unbranched alkanes of at least 4 members (excludes halogenated alkanes) is 2. The maximum Gasteiger partial charge on any atom is 0.269 e. The van der Waals surface area contributed by atoms with Gasteiger partial charge >= 0.3 is 0 Å². The molecule has 2 aromatic heterocycles. The van der Waals surface area contributed by atoms with Crippen LogP contribution in [-0.4, -0.2) is 71.9 Å². The number of carbonyl (C=O) groups is 4. The normalized spacial score (nSPS) is 18.7. The Labute approximate surface area is 356 Å². The highest BCUT2D eigenvalue weighted by molar-refractivity contribution is 6.00. The lowest BCUT2D eigenvalue weighted by Gasteiger charge is -2.34. The second-order valence-electron chi connectivity index (χ2n) is 16.7. The number of carbonyl (C=O) groups excluding carboxylic acids is 4. The van der Waals surface area contributed by atoms with Crippen LogP contribution in [0, 0.1) is 0 Å². The number of benzene rings is 2.